The van der Waals surface area contributed by atoms with Crippen molar-refractivity contribution in [2.75, 3.05) is 5.75 Å². The molecule has 0 aliphatic carbocycles. The number of aliphatic hydroxyl groups is 1. The number of hydrogen-bond acceptors (Lipinski definition) is 2. The summed E-state index contributed by atoms with van der Waals surface area (Å²) in [6.45, 7) is 3.38. The van der Waals surface area contributed by atoms with Crippen LogP contribution < -0.4 is 0 Å². The highest BCUT2D eigenvalue weighted by molar-refractivity contribution is 7.85. The van der Waals surface area contributed by atoms with Crippen LogP contribution in [0.25, 0.3) is 0 Å². The lowest BCUT2D eigenvalue weighted by Crippen LogP contribution is -2.29. The third kappa shape index (κ3) is 4.02. The number of rotatable bonds is 5. The maximum Gasteiger partial charge on any atom is 0.0847 e. The molecular formula is C17H20O2S. The number of benzene rings is 2. The van der Waals surface area contributed by atoms with E-state index in [1.54, 1.807) is 13.8 Å². The Morgan fingerprint density at radius 3 is 1.70 bits per heavy atom. The Morgan fingerprint density at radius 2 is 1.35 bits per heavy atom. The summed E-state index contributed by atoms with van der Waals surface area (Å²) in [7, 11) is -1.18. The van der Waals surface area contributed by atoms with Crippen molar-refractivity contribution in [2.45, 2.75) is 24.7 Å². The second-order valence-electron chi connectivity index (χ2n) is 5.54. The van der Waals surface area contributed by atoms with E-state index in [1.165, 1.54) is 0 Å². The molecule has 0 spiro atoms. The van der Waals surface area contributed by atoms with Crippen LogP contribution in [0.1, 0.15) is 30.2 Å². The monoisotopic (exact) mass is 288 g/mol. The molecule has 0 bridgehead atoms. The molecule has 2 nitrogen and oxygen atoms in total. The molecule has 0 amide bonds. The molecule has 0 radical (unpaired) electrons. The van der Waals surface area contributed by atoms with Crippen molar-refractivity contribution in [3.8, 4) is 0 Å². The van der Waals surface area contributed by atoms with Gasteiger partial charge < -0.3 is 5.11 Å². The van der Waals surface area contributed by atoms with Crippen molar-refractivity contribution < 1.29 is 9.32 Å². The van der Waals surface area contributed by atoms with Gasteiger partial charge in [0.25, 0.3) is 0 Å². The summed E-state index contributed by atoms with van der Waals surface area (Å²) in [6, 6.07) is 19.6. The topological polar surface area (TPSA) is 37.3 Å². The number of hydrogen-bond donors (Lipinski definition) is 1. The Balaban J connectivity index is 2.38. The first-order chi connectivity index (χ1) is 9.47. The van der Waals surface area contributed by atoms with Crippen LogP contribution >= 0.6 is 0 Å². The van der Waals surface area contributed by atoms with Crippen molar-refractivity contribution in [3.05, 3.63) is 71.8 Å². The van der Waals surface area contributed by atoms with Crippen molar-refractivity contribution in [2.24, 2.45) is 0 Å². The summed E-state index contributed by atoms with van der Waals surface area (Å²) in [5, 5.41) is 9.73. The quantitative estimate of drug-likeness (QED) is 0.916. The van der Waals surface area contributed by atoms with Gasteiger partial charge in [0.15, 0.2) is 0 Å². The van der Waals surface area contributed by atoms with Gasteiger partial charge in [0.1, 0.15) is 0 Å². The van der Waals surface area contributed by atoms with Crippen molar-refractivity contribution >= 4 is 10.8 Å². The summed E-state index contributed by atoms with van der Waals surface area (Å²) in [5.41, 5.74) is 1.09. The minimum Gasteiger partial charge on any atom is -0.390 e. The van der Waals surface area contributed by atoms with E-state index in [4.69, 9.17) is 0 Å². The van der Waals surface area contributed by atoms with Crippen LogP contribution in [-0.2, 0) is 10.8 Å². The van der Waals surface area contributed by atoms with Gasteiger partial charge in [-0.3, -0.25) is 4.21 Å². The van der Waals surface area contributed by atoms with Crippen LogP contribution in [0.4, 0.5) is 0 Å². The highest BCUT2D eigenvalue weighted by atomic mass is 32.2. The van der Waals surface area contributed by atoms with Crippen LogP contribution in [0.15, 0.2) is 60.7 Å². The van der Waals surface area contributed by atoms with Gasteiger partial charge in [0.05, 0.1) is 16.6 Å². The fourth-order valence-corrected chi connectivity index (χ4v) is 3.97. The lowest BCUT2D eigenvalue weighted by molar-refractivity contribution is 0.106. The van der Waals surface area contributed by atoms with Crippen molar-refractivity contribution in [1.82, 2.24) is 0 Å². The highest BCUT2D eigenvalue weighted by Gasteiger charge is 2.26. The van der Waals surface area contributed by atoms with Gasteiger partial charge in [-0.1, -0.05) is 60.7 Å². The second kappa shape index (κ2) is 6.33. The predicted molar refractivity (Wildman–Crippen MR) is 84.0 cm³/mol. The zero-order valence-corrected chi connectivity index (χ0v) is 12.6. The second-order valence-corrected chi connectivity index (χ2v) is 7.06. The summed E-state index contributed by atoms with van der Waals surface area (Å²) < 4.78 is 12.7. The van der Waals surface area contributed by atoms with E-state index < -0.39 is 16.4 Å². The van der Waals surface area contributed by atoms with Crippen molar-refractivity contribution in [3.63, 3.8) is 0 Å². The Bertz CT molecular complexity index is 519. The molecular weight excluding hydrogens is 268 g/mol. The van der Waals surface area contributed by atoms with E-state index in [-0.39, 0.29) is 11.0 Å². The molecule has 0 aromatic heterocycles. The molecule has 2 aromatic rings. The first kappa shape index (κ1) is 14.9. The maximum atomic E-state index is 12.7. The third-order valence-electron chi connectivity index (χ3n) is 2.96. The molecule has 0 fully saturated rings. The molecule has 1 N–H and O–H groups in total. The van der Waals surface area contributed by atoms with Gasteiger partial charge in [-0.15, -0.1) is 0 Å². The lowest BCUT2D eigenvalue weighted by atomic mass is 10.0. The molecule has 3 heteroatoms. The van der Waals surface area contributed by atoms with Gasteiger partial charge in [-0.05, 0) is 25.0 Å². The smallest absolute Gasteiger partial charge is 0.0847 e. The third-order valence-corrected chi connectivity index (χ3v) is 5.02. The largest absolute Gasteiger partial charge is 0.390 e. The normalized spacial score (nSPS) is 13.4. The zero-order valence-electron chi connectivity index (χ0n) is 11.8. The Labute approximate surface area is 122 Å². The molecule has 2 rings (SSSR count). The van der Waals surface area contributed by atoms with Gasteiger partial charge in [0, 0.05) is 10.8 Å². The summed E-state index contributed by atoms with van der Waals surface area (Å²) >= 11 is 0. The summed E-state index contributed by atoms with van der Waals surface area (Å²) in [6.07, 6.45) is 0. The Morgan fingerprint density at radius 1 is 0.950 bits per heavy atom. The molecule has 0 saturated heterocycles. The Kier molecular flexibility index (Phi) is 4.73. The molecule has 0 aliphatic rings. The van der Waals surface area contributed by atoms with Gasteiger partial charge in [-0.2, -0.15) is 0 Å². The highest BCUT2D eigenvalue weighted by Crippen LogP contribution is 2.29. The van der Waals surface area contributed by atoms with E-state index in [0.29, 0.717) is 0 Å². The van der Waals surface area contributed by atoms with Crippen LogP contribution in [0.3, 0.4) is 0 Å². The van der Waals surface area contributed by atoms with Gasteiger partial charge >= 0.3 is 0 Å². The molecule has 0 saturated carbocycles. The zero-order chi connectivity index (χ0) is 14.6. The molecule has 1 atom stereocenters. The minimum absolute atomic E-state index is 0.205. The lowest BCUT2D eigenvalue weighted by Gasteiger charge is -2.23. The standard InChI is InChI=1S/C17H20O2S/c1-17(2,18)13-20(19)16(14-9-5-3-6-10-14)15-11-7-4-8-12-15/h3-12,16,18H,13H2,1-2H3/t20-/m1/s1. The molecule has 0 unspecified atom stereocenters. The molecule has 0 heterocycles. The summed E-state index contributed by atoms with van der Waals surface area (Å²) in [5.74, 6) is 0.251. The van der Waals surface area contributed by atoms with Crippen LogP contribution in [0, 0.1) is 0 Å². The molecule has 20 heavy (non-hydrogen) atoms. The van der Waals surface area contributed by atoms with E-state index in [0.717, 1.165) is 11.1 Å². The van der Waals surface area contributed by atoms with E-state index in [9.17, 15) is 9.32 Å². The fourth-order valence-electron chi connectivity index (χ4n) is 2.18. The minimum atomic E-state index is -1.18. The van der Waals surface area contributed by atoms with Crippen LogP contribution in [0.5, 0.6) is 0 Å². The van der Waals surface area contributed by atoms with E-state index in [2.05, 4.69) is 0 Å². The van der Waals surface area contributed by atoms with Crippen molar-refractivity contribution in [1.29, 1.82) is 0 Å². The molecule has 0 aliphatic heterocycles. The summed E-state index contributed by atoms with van der Waals surface area (Å²) in [4.78, 5) is 0. The fraction of sp³-hybridized carbons (Fsp3) is 0.294. The van der Waals surface area contributed by atoms with Gasteiger partial charge in [-0.25, -0.2) is 0 Å². The SMILES string of the molecule is CC(C)(O)C[S@@](=O)C(c1ccccc1)c1ccccc1. The van der Waals surface area contributed by atoms with E-state index >= 15 is 0 Å². The van der Waals surface area contributed by atoms with Crippen LogP contribution in [0.2, 0.25) is 0 Å². The maximum absolute atomic E-state index is 12.7. The first-order valence-electron chi connectivity index (χ1n) is 6.67. The predicted octanol–water partition coefficient (Wildman–Crippen LogP) is 3.30. The van der Waals surface area contributed by atoms with Gasteiger partial charge in [0.2, 0.25) is 0 Å². The molecule has 2 aromatic carbocycles. The first-order valence-corrected chi connectivity index (χ1v) is 8.05. The molecule has 106 valence electrons. The average molecular weight is 288 g/mol. The van der Waals surface area contributed by atoms with Crippen LogP contribution in [-0.4, -0.2) is 20.7 Å². The van der Waals surface area contributed by atoms with E-state index in [1.807, 2.05) is 60.7 Å². The average Bonchev–Trinajstić information content (AvgIpc) is 2.39. The Hall–Kier alpha value is -1.45.